The van der Waals surface area contributed by atoms with Crippen molar-refractivity contribution in [1.82, 2.24) is 0 Å². The van der Waals surface area contributed by atoms with Gasteiger partial charge in [-0.3, -0.25) is 5.41 Å². The number of amidine groups is 1. The third-order valence-electron chi connectivity index (χ3n) is 3.86. The second kappa shape index (κ2) is 5.42. The van der Waals surface area contributed by atoms with Crippen LogP contribution in [0.5, 0.6) is 0 Å². The maximum atomic E-state index is 7.74. The summed E-state index contributed by atoms with van der Waals surface area (Å²) in [5, 5.41) is 7.74. The molecule has 0 aromatic heterocycles. The number of anilines is 1. The molecule has 3 heteroatoms. The molecule has 1 saturated carbocycles. The molecule has 0 saturated heterocycles. The zero-order chi connectivity index (χ0) is 13.1. The molecule has 0 amide bonds. The van der Waals surface area contributed by atoms with E-state index in [0.29, 0.717) is 6.04 Å². The Morgan fingerprint density at radius 2 is 2.06 bits per heavy atom. The van der Waals surface area contributed by atoms with E-state index in [-0.39, 0.29) is 5.84 Å². The summed E-state index contributed by atoms with van der Waals surface area (Å²) in [7, 11) is 0. The molecule has 18 heavy (non-hydrogen) atoms. The predicted octanol–water partition coefficient (Wildman–Crippen LogP) is 3.05. The summed E-state index contributed by atoms with van der Waals surface area (Å²) in [6.45, 7) is 5.26. The molecule has 0 atom stereocenters. The van der Waals surface area contributed by atoms with Gasteiger partial charge in [0.15, 0.2) is 0 Å². The molecule has 0 aliphatic heterocycles. The fourth-order valence-electron chi connectivity index (χ4n) is 2.95. The lowest BCUT2D eigenvalue weighted by atomic mass is 10.1. The van der Waals surface area contributed by atoms with Crippen LogP contribution in [0.4, 0.5) is 5.69 Å². The topological polar surface area (TPSA) is 53.1 Å². The number of nitrogen functional groups attached to an aromatic ring is 1. The number of benzene rings is 1. The number of hydrogen-bond donors (Lipinski definition) is 2. The van der Waals surface area contributed by atoms with Crippen molar-refractivity contribution < 1.29 is 0 Å². The van der Waals surface area contributed by atoms with Crippen molar-refractivity contribution in [3.05, 3.63) is 29.3 Å². The standard InChI is InChI=1S/C15H23N3/c1-3-18(12-6-4-5-7-12)14-10-11(2)8-9-13(14)15(16)17/h8-10,12H,3-7H2,1-2H3,(H3,16,17). The zero-order valence-corrected chi connectivity index (χ0v) is 11.4. The number of nitrogens with one attached hydrogen (secondary N) is 1. The van der Waals surface area contributed by atoms with E-state index in [4.69, 9.17) is 11.1 Å². The highest BCUT2D eigenvalue weighted by Crippen LogP contribution is 2.30. The molecule has 3 N–H and O–H groups in total. The molecule has 1 aromatic carbocycles. The van der Waals surface area contributed by atoms with Gasteiger partial charge in [0.05, 0.1) is 0 Å². The number of nitrogens with zero attached hydrogens (tertiary/aromatic N) is 1. The first-order chi connectivity index (χ1) is 8.63. The van der Waals surface area contributed by atoms with E-state index in [9.17, 15) is 0 Å². The first-order valence-corrected chi connectivity index (χ1v) is 6.85. The lowest BCUT2D eigenvalue weighted by molar-refractivity contribution is 0.619. The molecule has 0 heterocycles. The summed E-state index contributed by atoms with van der Waals surface area (Å²) in [5.41, 5.74) is 8.95. The van der Waals surface area contributed by atoms with Gasteiger partial charge in [-0.2, -0.15) is 0 Å². The summed E-state index contributed by atoms with van der Waals surface area (Å²) in [4.78, 5) is 2.43. The minimum atomic E-state index is 0.168. The van der Waals surface area contributed by atoms with Gasteiger partial charge in [-0.25, -0.2) is 0 Å². The van der Waals surface area contributed by atoms with E-state index in [1.54, 1.807) is 0 Å². The lowest BCUT2D eigenvalue weighted by Gasteiger charge is -2.32. The quantitative estimate of drug-likeness (QED) is 0.633. The molecule has 1 fully saturated rings. The average Bonchev–Trinajstić information content (AvgIpc) is 2.83. The van der Waals surface area contributed by atoms with Crippen LogP contribution in [0.3, 0.4) is 0 Å². The normalized spacial score (nSPS) is 15.9. The van der Waals surface area contributed by atoms with Crippen molar-refractivity contribution in [2.24, 2.45) is 5.73 Å². The van der Waals surface area contributed by atoms with Crippen molar-refractivity contribution in [3.63, 3.8) is 0 Å². The van der Waals surface area contributed by atoms with Crippen LogP contribution >= 0.6 is 0 Å². The van der Waals surface area contributed by atoms with Crippen molar-refractivity contribution in [2.45, 2.75) is 45.6 Å². The van der Waals surface area contributed by atoms with Crippen molar-refractivity contribution >= 4 is 11.5 Å². The highest BCUT2D eigenvalue weighted by molar-refractivity contribution is 6.00. The number of rotatable bonds is 4. The summed E-state index contributed by atoms with van der Waals surface area (Å²) >= 11 is 0. The minimum absolute atomic E-state index is 0.168. The first kappa shape index (κ1) is 12.9. The Labute approximate surface area is 109 Å². The van der Waals surface area contributed by atoms with Gasteiger partial charge in [-0.05, 0) is 44.4 Å². The maximum absolute atomic E-state index is 7.74. The van der Waals surface area contributed by atoms with E-state index in [1.165, 1.54) is 31.2 Å². The van der Waals surface area contributed by atoms with Gasteiger partial charge in [0.1, 0.15) is 5.84 Å². The molecular weight excluding hydrogens is 222 g/mol. The van der Waals surface area contributed by atoms with Crippen LogP contribution in [-0.2, 0) is 0 Å². The van der Waals surface area contributed by atoms with Gasteiger partial charge in [0, 0.05) is 23.8 Å². The van der Waals surface area contributed by atoms with Gasteiger partial charge in [0.2, 0.25) is 0 Å². The smallest absolute Gasteiger partial charge is 0.124 e. The molecule has 98 valence electrons. The molecule has 2 rings (SSSR count). The van der Waals surface area contributed by atoms with E-state index >= 15 is 0 Å². The fraction of sp³-hybridized carbons (Fsp3) is 0.533. The third-order valence-corrected chi connectivity index (χ3v) is 3.86. The van der Waals surface area contributed by atoms with Crippen LogP contribution in [-0.4, -0.2) is 18.4 Å². The van der Waals surface area contributed by atoms with Crippen molar-refractivity contribution in [2.75, 3.05) is 11.4 Å². The fourth-order valence-corrected chi connectivity index (χ4v) is 2.95. The zero-order valence-electron chi connectivity index (χ0n) is 11.4. The molecule has 0 unspecified atom stereocenters. The highest BCUT2D eigenvalue weighted by atomic mass is 15.2. The monoisotopic (exact) mass is 245 g/mol. The first-order valence-electron chi connectivity index (χ1n) is 6.85. The molecule has 3 nitrogen and oxygen atoms in total. The molecule has 1 aromatic rings. The Morgan fingerprint density at radius 3 is 2.61 bits per heavy atom. The van der Waals surface area contributed by atoms with Crippen molar-refractivity contribution in [1.29, 1.82) is 5.41 Å². The lowest BCUT2D eigenvalue weighted by Crippen LogP contribution is -2.34. The Balaban J connectivity index is 2.39. The molecule has 0 bridgehead atoms. The van der Waals surface area contributed by atoms with E-state index in [2.05, 4.69) is 24.8 Å². The van der Waals surface area contributed by atoms with Gasteiger partial charge < -0.3 is 10.6 Å². The second-order valence-electron chi connectivity index (χ2n) is 5.16. The van der Waals surface area contributed by atoms with Crippen LogP contribution in [0.2, 0.25) is 0 Å². The number of aryl methyl sites for hydroxylation is 1. The van der Waals surface area contributed by atoms with E-state index in [1.807, 2.05) is 12.1 Å². The minimum Gasteiger partial charge on any atom is -0.384 e. The second-order valence-corrected chi connectivity index (χ2v) is 5.16. The summed E-state index contributed by atoms with van der Waals surface area (Å²) in [6.07, 6.45) is 5.17. The van der Waals surface area contributed by atoms with E-state index < -0.39 is 0 Å². The SMILES string of the molecule is CCN(c1cc(C)ccc1C(=N)N)C1CCCC1. The van der Waals surface area contributed by atoms with Crippen LogP contribution in [0, 0.1) is 12.3 Å². The average molecular weight is 245 g/mol. The molecule has 0 spiro atoms. The van der Waals surface area contributed by atoms with Gasteiger partial charge in [-0.1, -0.05) is 18.9 Å². The Morgan fingerprint density at radius 1 is 1.39 bits per heavy atom. The summed E-state index contributed by atoms with van der Waals surface area (Å²) in [5.74, 6) is 0.168. The maximum Gasteiger partial charge on any atom is 0.124 e. The molecular formula is C15H23N3. The van der Waals surface area contributed by atoms with Crippen LogP contribution in [0.1, 0.15) is 43.7 Å². The van der Waals surface area contributed by atoms with Crippen LogP contribution in [0.25, 0.3) is 0 Å². The number of nitrogens with two attached hydrogens (primary N) is 1. The predicted molar refractivity (Wildman–Crippen MR) is 77.5 cm³/mol. The van der Waals surface area contributed by atoms with E-state index in [0.717, 1.165) is 17.8 Å². The highest BCUT2D eigenvalue weighted by Gasteiger charge is 2.23. The summed E-state index contributed by atoms with van der Waals surface area (Å²) in [6, 6.07) is 6.79. The third kappa shape index (κ3) is 2.50. The molecule has 0 radical (unpaired) electrons. The Kier molecular flexibility index (Phi) is 3.90. The largest absolute Gasteiger partial charge is 0.384 e. The van der Waals surface area contributed by atoms with Gasteiger partial charge >= 0.3 is 0 Å². The molecule has 1 aliphatic carbocycles. The van der Waals surface area contributed by atoms with Crippen LogP contribution in [0.15, 0.2) is 18.2 Å². The van der Waals surface area contributed by atoms with Gasteiger partial charge in [0.25, 0.3) is 0 Å². The Bertz CT molecular complexity index is 433. The van der Waals surface area contributed by atoms with Gasteiger partial charge in [-0.15, -0.1) is 0 Å². The summed E-state index contributed by atoms with van der Waals surface area (Å²) < 4.78 is 0. The van der Waals surface area contributed by atoms with Crippen molar-refractivity contribution in [3.8, 4) is 0 Å². The van der Waals surface area contributed by atoms with Crippen LogP contribution < -0.4 is 10.6 Å². The number of hydrogen-bond acceptors (Lipinski definition) is 2. The Hall–Kier alpha value is -1.51. The molecule has 1 aliphatic rings.